The Balaban J connectivity index is 1.40. The van der Waals surface area contributed by atoms with Gasteiger partial charge >= 0.3 is 5.76 Å². The second-order valence-electron chi connectivity index (χ2n) is 7.57. The van der Waals surface area contributed by atoms with Gasteiger partial charge in [0.2, 0.25) is 10.0 Å². The molecule has 156 valence electrons. The standard InChI is InChI=1S/C20H21N5O4S/c1-13-22-16-4-3-9-21-19(16)25(13)14-7-10-24(11-8-14)30(27,28)15-5-6-17-18(12-15)29-20(26)23(17)2/h3-6,9,12,14H,7-8,10-11H2,1-2H3. The van der Waals surface area contributed by atoms with Crippen LogP contribution in [0.4, 0.5) is 0 Å². The number of aryl methyl sites for hydroxylation is 2. The lowest BCUT2D eigenvalue weighted by atomic mass is 10.1. The van der Waals surface area contributed by atoms with Crippen molar-refractivity contribution in [3.63, 3.8) is 0 Å². The molecular formula is C20H21N5O4S. The Morgan fingerprint density at radius 3 is 2.70 bits per heavy atom. The van der Waals surface area contributed by atoms with E-state index in [1.165, 1.54) is 21.0 Å². The third-order valence-corrected chi connectivity index (χ3v) is 7.71. The van der Waals surface area contributed by atoms with E-state index in [-0.39, 0.29) is 16.5 Å². The summed E-state index contributed by atoms with van der Waals surface area (Å²) in [5.41, 5.74) is 2.52. The zero-order chi connectivity index (χ0) is 21.0. The molecule has 1 aliphatic rings. The number of aromatic nitrogens is 4. The van der Waals surface area contributed by atoms with Gasteiger partial charge in [-0.2, -0.15) is 4.31 Å². The Morgan fingerprint density at radius 1 is 1.17 bits per heavy atom. The van der Waals surface area contributed by atoms with Crippen LogP contribution in [0.3, 0.4) is 0 Å². The number of nitrogens with zero attached hydrogens (tertiary/aromatic N) is 5. The summed E-state index contributed by atoms with van der Waals surface area (Å²) in [7, 11) is -2.09. The average molecular weight is 427 g/mol. The average Bonchev–Trinajstić information content (AvgIpc) is 3.23. The van der Waals surface area contributed by atoms with Gasteiger partial charge < -0.3 is 8.98 Å². The zero-order valence-corrected chi connectivity index (χ0v) is 17.5. The molecule has 0 unspecified atom stereocenters. The highest BCUT2D eigenvalue weighted by molar-refractivity contribution is 7.89. The fourth-order valence-electron chi connectivity index (χ4n) is 4.24. The second kappa shape index (κ2) is 6.78. The summed E-state index contributed by atoms with van der Waals surface area (Å²) in [6.45, 7) is 2.75. The van der Waals surface area contributed by atoms with Crippen LogP contribution in [0.1, 0.15) is 24.7 Å². The number of pyridine rings is 1. The van der Waals surface area contributed by atoms with Gasteiger partial charge in [-0.1, -0.05) is 0 Å². The van der Waals surface area contributed by atoms with Gasteiger partial charge in [-0.25, -0.2) is 23.2 Å². The van der Waals surface area contributed by atoms with E-state index in [4.69, 9.17) is 4.42 Å². The van der Waals surface area contributed by atoms with Crippen LogP contribution in [0.5, 0.6) is 0 Å². The minimum Gasteiger partial charge on any atom is -0.408 e. The number of benzene rings is 1. The largest absolute Gasteiger partial charge is 0.419 e. The first kappa shape index (κ1) is 19.0. The SMILES string of the molecule is Cc1nc2cccnc2n1C1CCN(S(=O)(=O)c2ccc3c(c2)oc(=O)n3C)CC1. The molecule has 4 heterocycles. The molecule has 5 rings (SSSR count). The van der Waals surface area contributed by atoms with Crippen LogP contribution in [-0.2, 0) is 17.1 Å². The third-order valence-electron chi connectivity index (χ3n) is 5.82. The summed E-state index contributed by atoms with van der Waals surface area (Å²) >= 11 is 0. The molecule has 9 nitrogen and oxygen atoms in total. The van der Waals surface area contributed by atoms with Crippen LogP contribution >= 0.6 is 0 Å². The molecule has 0 bridgehead atoms. The maximum atomic E-state index is 13.2. The van der Waals surface area contributed by atoms with E-state index in [0.29, 0.717) is 31.4 Å². The van der Waals surface area contributed by atoms with Gasteiger partial charge in [0.1, 0.15) is 11.3 Å². The molecule has 0 saturated carbocycles. The molecule has 1 aromatic carbocycles. The first-order chi connectivity index (χ1) is 14.4. The van der Waals surface area contributed by atoms with Crippen molar-refractivity contribution in [1.82, 2.24) is 23.4 Å². The van der Waals surface area contributed by atoms with Crippen molar-refractivity contribution >= 4 is 32.3 Å². The first-order valence-electron chi connectivity index (χ1n) is 9.75. The van der Waals surface area contributed by atoms with Gasteiger partial charge in [0, 0.05) is 38.4 Å². The molecule has 0 spiro atoms. The molecule has 0 aliphatic carbocycles. The van der Waals surface area contributed by atoms with Gasteiger partial charge in [0.15, 0.2) is 11.2 Å². The van der Waals surface area contributed by atoms with Gasteiger partial charge in [-0.15, -0.1) is 0 Å². The Morgan fingerprint density at radius 2 is 1.93 bits per heavy atom. The summed E-state index contributed by atoms with van der Waals surface area (Å²) in [6.07, 6.45) is 3.09. The van der Waals surface area contributed by atoms with Crippen molar-refractivity contribution in [2.24, 2.45) is 7.05 Å². The van der Waals surface area contributed by atoms with E-state index in [9.17, 15) is 13.2 Å². The van der Waals surface area contributed by atoms with Crippen molar-refractivity contribution in [3.8, 4) is 0 Å². The van der Waals surface area contributed by atoms with Gasteiger partial charge in [-0.05, 0) is 44.0 Å². The first-order valence-corrected chi connectivity index (χ1v) is 11.2. The van der Waals surface area contributed by atoms with E-state index in [1.54, 1.807) is 19.3 Å². The fourth-order valence-corrected chi connectivity index (χ4v) is 5.73. The maximum absolute atomic E-state index is 13.2. The van der Waals surface area contributed by atoms with Crippen LogP contribution < -0.4 is 5.76 Å². The van der Waals surface area contributed by atoms with Crippen molar-refractivity contribution in [2.75, 3.05) is 13.1 Å². The minimum absolute atomic E-state index is 0.133. The fraction of sp³-hybridized carbons (Fsp3) is 0.350. The predicted molar refractivity (Wildman–Crippen MR) is 111 cm³/mol. The summed E-state index contributed by atoms with van der Waals surface area (Å²) in [6, 6.07) is 8.49. The maximum Gasteiger partial charge on any atom is 0.419 e. The lowest BCUT2D eigenvalue weighted by Crippen LogP contribution is -2.39. The van der Waals surface area contributed by atoms with E-state index < -0.39 is 15.8 Å². The summed E-state index contributed by atoms with van der Waals surface area (Å²) < 4.78 is 36.4. The van der Waals surface area contributed by atoms with E-state index in [1.807, 2.05) is 19.1 Å². The lowest BCUT2D eigenvalue weighted by Gasteiger charge is -2.32. The van der Waals surface area contributed by atoms with Crippen LogP contribution in [0.25, 0.3) is 22.3 Å². The summed E-state index contributed by atoms with van der Waals surface area (Å²) in [5, 5.41) is 0. The molecule has 10 heteroatoms. The van der Waals surface area contributed by atoms with Crippen molar-refractivity contribution in [1.29, 1.82) is 0 Å². The number of hydrogen-bond donors (Lipinski definition) is 0. The lowest BCUT2D eigenvalue weighted by molar-refractivity contribution is 0.274. The van der Waals surface area contributed by atoms with E-state index in [0.717, 1.165) is 17.0 Å². The predicted octanol–water partition coefficient (Wildman–Crippen LogP) is 2.21. The molecule has 1 aliphatic heterocycles. The molecule has 0 atom stereocenters. The second-order valence-corrected chi connectivity index (χ2v) is 9.50. The highest BCUT2D eigenvalue weighted by Gasteiger charge is 2.31. The molecule has 0 N–H and O–H groups in total. The summed E-state index contributed by atoms with van der Waals surface area (Å²) in [4.78, 5) is 20.9. The quantitative estimate of drug-likeness (QED) is 0.497. The number of oxazole rings is 1. The Kier molecular flexibility index (Phi) is 4.30. The molecule has 4 aromatic rings. The number of fused-ring (bicyclic) bond motifs is 2. The number of sulfonamides is 1. The summed E-state index contributed by atoms with van der Waals surface area (Å²) in [5.74, 6) is 0.367. The topological polar surface area (TPSA) is 103 Å². The third kappa shape index (κ3) is 2.86. The van der Waals surface area contributed by atoms with E-state index >= 15 is 0 Å². The van der Waals surface area contributed by atoms with Gasteiger partial charge in [0.25, 0.3) is 0 Å². The number of piperidine rings is 1. The minimum atomic E-state index is -3.68. The van der Waals surface area contributed by atoms with Crippen molar-refractivity contribution in [2.45, 2.75) is 30.7 Å². The Labute approximate surface area is 172 Å². The van der Waals surface area contributed by atoms with Gasteiger partial charge in [0.05, 0.1) is 10.4 Å². The van der Waals surface area contributed by atoms with Crippen LogP contribution in [0.2, 0.25) is 0 Å². The molecule has 1 fully saturated rings. The van der Waals surface area contributed by atoms with Crippen LogP contribution in [-0.4, -0.2) is 44.9 Å². The van der Waals surface area contributed by atoms with Gasteiger partial charge in [-0.3, -0.25) is 4.57 Å². The highest BCUT2D eigenvalue weighted by atomic mass is 32.2. The number of hydrogen-bond acceptors (Lipinski definition) is 6. The number of rotatable bonds is 3. The van der Waals surface area contributed by atoms with Crippen LogP contribution in [0, 0.1) is 6.92 Å². The molecule has 0 amide bonds. The zero-order valence-electron chi connectivity index (χ0n) is 16.6. The normalized spacial score (nSPS) is 16.6. The van der Waals surface area contributed by atoms with Crippen LogP contribution in [0.15, 0.2) is 50.6 Å². The number of imidazole rings is 1. The van der Waals surface area contributed by atoms with Crippen molar-refractivity contribution < 1.29 is 12.8 Å². The highest BCUT2D eigenvalue weighted by Crippen LogP contribution is 2.31. The Bertz CT molecular complexity index is 1420. The molecule has 30 heavy (non-hydrogen) atoms. The molecule has 0 radical (unpaired) electrons. The van der Waals surface area contributed by atoms with Crippen molar-refractivity contribution in [3.05, 3.63) is 52.9 Å². The Hall–Kier alpha value is -2.98. The molecule has 1 saturated heterocycles. The monoisotopic (exact) mass is 427 g/mol. The smallest absolute Gasteiger partial charge is 0.408 e. The molecule has 3 aromatic heterocycles. The molecular weight excluding hydrogens is 406 g/mol. The van der Waals surface area contributed by atoms with E-state index in [2.05, 4.69) is 14.5 Å².